The molecule has 0 radical (unpaired) electrons. The van der Waals surface area contributed by atoms with Crippen LogP contribution in [0.15, 0.2) is 96.1 Å². The van der Waals surface area contributed by atoms with Crippen molar-refractivity contribution in [1.82, 2.24) is 0 Å². The summed E-state index contributed by atoms with van der Waals surface area (Å²) in [5.41, 5.74) is 17.5. The first-order valence-electron chi connectivity index (χ1n) is 13.4. The van der Waals surface area contributed by atoms with Crippen molar-refractivity contribution in [1.29, 1.82) is 0 Å². The van der Waals surface area contributed by atoms with Gasteiger partial charge in [-0.3, -0.25) is 0 Å². The van der Waals surface area contributed by atoms with E-state index in [4.69, 9.17) is 0 Å². The van der Waals surface area contributed by atoms with Crippen LogP contribution < -0.4 is 0 Å². The molecule has 0 heterocycles. The first-order valence-corrected chi connectivity index (χ1v) is 13.4. The molecule has 176 valence electrons. The average molecular weight is 465 g/mol. The molecule has 1 saturated carbocycles. The quantitative estimate of drug-likeness (QED) is 0.282. The summed E-state index contributed by atoms with van der Waals surface area (Å²) in [4.78, 5) is 0. The zero-order chi connectivity index (χ0) is 24.3. The van der Waals surface area contributed by atoms with Crippen LogP contribution in [0.3, 0.4) is 0 Å². The number of hydrogen-bond donors (Lipinski definition) is 0. The zero-order valence-corrected chi connectivity index (χ0v) is 21.3. The molecule has 0 nitrogen and oxygen atoms in total. The highest BCUT2D eigenvalue weighted by atomic mass is 14.5. The monoisotopic (exact) mass is 464 g/mol. The fourth-order valence-corrected chi connectivity index (χ4v) is 6.86. The maximum absolute atomic E-state index is 2.57. The van der Waals surface area contributed by atoms with E-state index in [9.17, 15) is 0 Å². The summed E-state index contributed by atoms with van der Waals surface area (Å²) in [6.45, 7) is 4.37. The van der Waals surface area contributed by atoms with E-state index in [1.807, 2.05) is 0 Å². The van der Waals surface area contributed by atoms with Gasteiger partial charge in [0.2, 0.25) is 0 Å². The third-order valence-electron chi connectivity index (χ3n) is 8.89. The van der Waals surface area contributed by atoms with Gasteiger partial charge in [0, 0.05) is 5.41 Å². The van der Waals surface area contributed by atoms with Crippen molar-refractivity contribution in [2.75, 3.05) is 0 Å². The lowest BCUT2D eigenvalue weighted by atomic mass is 9.59. The highest BCUT2D eigenvalue weighted by Crippen LogP contribution is 2.58. The molecule has 0 saturated heterocycles. The van der Waals surface area contributed by atoms with Crippen LogP contribution in [0.2, 0.25) is 0 Å². The molecule has 0 bridgehead atoms. The number of benzene rings is 4. The Bertz CT molecular complexity index is 1460. The highest BCUT2D eigenvalue weighted by molar-refractivity contribution is 5.85. The number of rotatable bonds is 4. The van der Waals surface area contributed by atoms with E-state index in [0.717, 1.165) is 12.8 Å². The molecule has 0 aliphatic heterocycles. The van der Waals surface area contributed by atoms with Crippen LogP contribution in [0.4, 0.5) is 0 Å². The van der Waals surface area contributed by atoms with Crippen molar-refractivity contribution in [3.8, 4) is 22.3 Å². The lowest BCUT2D eigenvalue weighted by molar-refractivity contribution is 0.235. The summed E-state index contributed by atoms with van der Waals surface area (Å²) in [7, 11) is 0. The standard InChI is InChI=1S/C36H32/c1-24-8-3-10-26(18-24)32-14-5-12-28-20-30(22-34(28)32)36(16-7-17-36)31-21-29-13-6-15-33(35(29)23-31)27-11-4-9-25(2)19-27/h3-6,8-15,18-19,22-23H,7,16-17,20-21H2,1-2H3. The fourth-order valence-electron chi connectivity index (χ4n) is 6.86. The van der Waals surface area contributed by atoms with Crippen molar-refractivity contribution >= 4 is 12.2 Å². The van der Waals surface area contributed by atoms with Gasteiger partial charge in [-0.05, 0) is 84.0 Å². The summed E-state index contributed by atoms with van der Waals surface area (Å²) in [6, 6.07) is 31.7. The Hall–Kier alpha value is -3.64. The molecule has 0 amide bonds. The van der Waals surface area contributed by atoms with Crippen LogP contribution in [0, 0.1) is 19.3 Å². The van der Waals surface area contributed by atoms with Crippen LogP contribution in [0.5, 0.6) is 0 Å². The second-order valence-electron chi connectivity index (χ2n) is 11.1. The van der Waals surface area contributed by atoms with Crippen molar-refractivity contribution in [3.05, 3.63) is 129 Å². The van der Waals surface area contributed by atoms with E-state index >= 15 is 0 Å². The van der Waals surface area contributed by atoms with E-state index in [2.05, 4.69) is 111 Å². The van der Waals surface area contributed by atoms with E-state index in [1.165, 1.54) is 74.9 Å². The Morgan fingerprint density at radius 1 is 0.556 bits per heavy atom. The Balaban J connectivity index is 1.29. The third-order valence-corrected chi connectivity index (χ3v) is 8.89. The number of allylic oxidation sites excluding steroid dienone is 2. The minimum atomic E-state index is 0.228. The topological polar surface area (TPSA) is 0 Å². The predicted octanol–water partition coefficient (Wildman–Crippen LogP) is 9.39. The summed E-state index contributed by atoms with van der Waals surface area (Å²) >= 11 is 0. The molecule has 0 unspecified atom stereocenters. The Morgan fingerprint density at radius 3 is 1.44 bits per heavy atom. The molecule has 0 atom stereocenters. The van der Waals surface area contributed by atoms with Gasteiger partial charge < -0.3 is 0 Å². The number of aryl methyl sites for hydroxylation is 2. The molecule has 36 heavy (non-hydrogen) atoms. The zero-order valence-electron chi connectivity index (χ0n) is 21.3. The van der Waals surface area contributed by atoms with E-state index in [1.54, 1.807) is 11.1 Å². The highest BCUT2D eigenvalue weighted by Gasteiger charge is 2.45. The molecule has 4 aromatic rings. The maximum atomic E-state index is 2.57. The molecular formula is C36H32. The van der Waals surface area contributed by atoms with Crippen molar-refractivity contribution < 1.29 is 0 Å². The minimum absolute atomic E-state index is 0.228. The molecular weight excluding hydrogens is 432 g/mol. The van der Waals surface area contributed by atoms with Gasteiger partial charge in [0.05, 0.1) is 0 Å². The van der Waals surface area contributed by atoms with Gasteiger partial charge in [-0.1, -0.05) is 126 Å². The van der Waals surface area contributed by atoms with Crippen LogP contribution >= 0.6 is 0 Å². The predicted molar refractivity (Wildman–Crippen MR) is 153 cm³/mol. The second-order valence-corrected chi connectivity index (χ2v) is 11.1. The second kappa shape index (κ2) is 8.20. The Morgan fingerprint density at radius 2 is 1.03 bits per heavy atom. The molecule has 0 aromatic heterocycles. The van der Waals surface area contributed by atoms with Crippen LogP contribution in [0.1, 0.15) is 52.6 Å². The average Bonchev–Trinajstić information content (AvgIpc) is 3.48. The summed E-state index contributed by atoms with van der Waals surface area (Å²) in [5.74, 6) is 0. The molecule has 3 aliphatic carbocycles. The van der Waals surface area contributed by atoms with E-state index in [-0.39, 0.29) is 5.41 Å². The number of hydrogen-bond acceptors (Lipinski definition) is 0. The molecule has 4 aromatic carbocycles. The SMILES string of the molecule is Cc1cccc(-c2cccc3c2C=C(C2(C4=Cc5c(cccc5-c5cccc(C)c5)C4)CCC2)C3)c1. The first kappa shape index (κ1) is 21.6. The van der Waals surface area contributed by atoms with Crippen molar-refractivity contribution in [3.63, 3.8) is 0 Å². The Kier molecular flexibility index (Phi) is 4.93. The van der Waals surface area contributed by atoms with Gasteiger partial charge in [-0.2, -0.15) is 0 Å². The van der Waals surface area contributed by atoms with Crippen molar-refractivity contribution in [2.45, 2.75) is 46.0 Å². The van der Waals surface area contributed by atoms with Gasteiger partial charge in [-0.25, -0.2) is 0 Å². The van der Waals surface area contributed by atoms with Gasteiger partial charge in [0.15, 0.2) is 0 Å². The van der Waals surface area contributed by atoms with Crippen LogP contribution in [-0.4, -0.2) is 0 Å². The largest absolute Gasteiger partial charge is 0.0614 e. The number of fused-ring (bicyclic) bond motifs is 2. The van der Waals surface area contributed by atoms with Crippen LogP contribution in [-0.2, 0) is 12.8 Å². The summed E-state index contributed by atoms with van der Waals surface area (Å²) in [6.07, 6.45) is 11.2. The molecule has 7 rings (SSSR count). The van der Waals surface area contributed by atoms with Gasteiger partial charge >= 0.3 is 0 Å². The Labute approximate surface area is 215 Å². The lowest BCUT2D eigenvalue weighted by Crippen LogP contribution is -2.34. The first-order chi connectivity index (χ1) is 17.6. The molecule has 3 aliphatic rings. The van der Waals surface area contributed by atoms with E-state index < -0.39 is 0 Å². The van der Waals surface area contributed by atoms with Gasteiger partial charge in [-0.15, -0.1) is 0 Å². The summed E-state index contributed by atoms with van der Waals surface area (Å²) in [5, 5.41) is 0. The molecule has 1 fully saturated rings. The van der Waals surface area contributed by atoms with Crippen molar-refractivity contribution in [2.24, 2.45) is 5.41 Å². The minimum Gasteiger partial charge on any atom is -0.0614 e. The lowest BCUT2D eigenvalue weighted by Gasteiger charge is -2.45. The van der Waals surface area contributed by atoms with Gasteiger partial charge in [0.1, 0.15) is 0 Å². The van der Waals surface area contributed by atoms with Crippen LogP contribution in [0.25, 0.3) is 34.4 Å². The summed E-state index contributed by atoms with van der Waals surface area (Å²) < 4.78 is 0. The van der Waals surface area contributed by atoms with E-state index in [0.29, 0.717) is 0 Å². The maximum Gasteiger partial charge on any atom is 0.0134 e. The molecule has 0 N–H and O–H groups in total. The van der Waals surface area contributed by atoms with Gasteiger partial charge in [0.25, 0.3) is 0 Å². The fraction of sp³-hybridized carbons (Fsp3) is 0.222. The normalized spacial score (nSPS) is 17.2. The smallest absolute Gasteiger partial charge is 0.0134 e. The molecule has 0 spiro atoms. The molecule has 0 heteroatoms. The third kappa shape index (κ3) is 3.35.